The van der Waals surface area contributed by atoms with Crippen LogP contribution in [-0.4, -0.2) is 23.7 Å². The van der Waals surface area contributed by atoms with Gasteiger partial charge in [0, 0.05) is 0 Å². The number of rotatable bonds is 5. The summed E-state index contributed by atoms with van der Waals surface area (Å²) in [6, 6.07) is 4.19. The fourth-order valence-corrected chi connectivity index (χ4v) is 1.27. The summed E-state index contributed by atoms with van der Waals surface area (Å²) in [5.74, 6) is -0.436. The second-order valence-electron chi connectivity index (χ2n) is 3.80. The van der Waals surface area contributed by atoms with Crippen LogP contribution in [0.5, 0.6) is 5.75 Å². The summed E-state index contributed by atoms with van der Waals surface area (Å²) < 4.78 is 53.1. The fraction of sp³-hybridized carbons (Fsp3) is 0.455. The van der Waals surface area contributed by atoms with Crippen LogP contribution in [0.4, 0.5) is 17.6 Å². The van der Waals surface area contributed by atoms with Crippen LogP contribution in [0.25, 0.3) is 0 Å². The minimum Gasteiger partial charge on any atom is -0.428 e. The fourth-order valence-electron chi connectivity index (χ4n) is 1.27. The van der Waals surface area contributed by atoms with E-state index in [4.69, 9.17) is 5.73 Å². The first-order valence-electron chi connectivity index (χ1n) is 5.12. The summed E-state index contributed by atoms with van der Waals surface area (Å²) >= 11 is 0. The molecule has 1 aromatic carbocycles. The van der Waals surface area contributed by atoms with E-state index in [2.05, 4.69) is 4.74 Å². The largest absolute Gasteiger partial charge is 0.461 e. The van der Waals surface area contributed by atoms with Gasteiger partial charge in [-0.1, -0.05) is 12.1 Å². The number of aliphatic hydroxyl groups excluding tert-OH is 1. The van der Waals surface area contributed by atoms with E-state index in [-0.39, 0.29) is 0 Å². The summed E-state index contributed by atoms with van der Waals surface area (Å²) in [4.78, 5) is 0. The van der Waals surface area contributed by atoms with Crippen LogP contribution in [0.3, 0.4) is 0 Å². The lowest BCUT2D eigenvalue weighted by Crippen LogP contribution is -2.33. The molecule has 0 saturated carbocycles. The molecule has 0 bridgehead atoms. The summed E-state index contributed by atoms with van der Waals surface area (Å²) in [7, 11) is 0. The van der Waals surface area contributed by atoms with E-state index in [9.17, 15) is 22.7 Å². The van der Waals surface area contributed by atoms with Gasteiger partial charge in [0.2, 0.25) is 0 Å². The third-order valence-electron chi connectivity index (χ3n) is 2.27. The topological polar surface area (TPSA) is 55.5 Å². The van der Waals surface area contributed by atoms with E-state index in [1.165, 1.54) is 19.1 Å². The maximum atomic E-state index is 12.7. The van der Waals surface area contributed by atoms with Crippen LogP contribution >= 0.6 is 0 Å². The predicted molar refractivity (Wildman–Crippen MR) is 56.6 cm³/mol. The number of benzene rings is 1. The molecular formula is C11H13F4NO2. The molecular weight excluding hydrogens is 254 g/mol. The van der Waals surface area contributed by atoms with Crippen molar-refractivity contribution >= 4 is 0 Å². The number of alkyl halides is 4. The monoisotopic (exact) mass is 267 g/mol. The number of nitrogens with two attached hydrogens (primary N) is 1. The molecule has 102 valence electrons. The Hall–Kier alpha value is -1.34. The third kappa shape index (κ3) is 3.58. The van der Waals surface area contributed by atoms with Crippen molar-refractivity contribution in [2.45, 2.75) is 31.6 Å². The van der Waals surface area contributed by atoms with Crippen LogP contribution in [0.1, 0.15) is 18.5 Å². The molecule has 7 heteroatoms. The predicted octanol–water partition coefficient (Wildman–Crippen LogP) is 2.30. The number of hydrogen-bond donors (Lipinski definition) is 2. The molecule has 0 aromatic heterocycles. The van der Waals surface area contributed by atoms with Gasteiger partial charge in [0.25, 0.3) is 0 Å². The van der Waals surface area contributed by atoms with Crippen LogP contribution < -0.4 is 10.5 Å². The quantitative estimate of drug-likeness (QED) is 0.805. The van der Waals surface area contributed by atoms with Crippen molar-refractivity contribution < 1.29 is 27.4 Å². The molecule has 0 radical (unpaired) electrons. The number of ether oxygens (including phenoxy) is 1. The molecule has 0 heterocycles. The second kappa shape index (κ2) is 5.53. The molecule has 0 unspecified atom stereocenters. The van der Waals surface area contributed by atoms with Gasteiger partial charge in [-0.05, 0) is 24.6 Å². The zero-order chi connectivity index (χ0) is 13.9. The molecule has 0 fully saturated rings. The van der Waals surface area contributed by atoms with Crippen LogP contribution in [0.2, 0.25) is 0 Å². The Morgan fingerprint density at radius 1 is 1.33 bits per heavy atom. The van der Waals surface area contributed by atoms with E-state index in [0.717, 1.165) is 12.1 Å². The molecule has 1 rings (SSSR count). The molecule has 3 nitrogen and oxygen atoms in total. The van der Waals surface area contributed by atoms with Crippen molar-refractivity contribution in [2.75, 3.05) is 0 Å². The minimum atomic E-state index is -4.56. The third-order valence-corrected chi connectivity index (χ3v) is 2.27. The molecule has 0 spiro atoms. The Morgan fingerprint density at radius 3 is 2.44 bits per heavy atom. The maximum absolute atomic E-state index is 12.7. The SMILES string of the molecule is C[C@H](O)[C@H](N)c1cccc(OC(F)(F)C(F)F)c1. The smallest absolute Gasteiger partial charge is 0.428 e. The number of hydrogen-bond acceptors (Lipinski definition) is 3. The zero-order valence-corrected chi connectivity index (χ0v) is 9.49. The molecule has 18 heavy (non-hydrogen) atoms. The van der Waals surface area contributed by atoms with Crippen LogP contribution in [0, 0.1) is 0 Å². The van der Waals surface area contributed by atoms with E-state index < -0.39 is 30.4 Å². The zero-order valence-electron chi connectivity index (χ0n) is 9.49. The van der Waals surface area contributed by atoms with Gasteiger partial charge in [0.05, 0.1) is 12.1 Å². The highest BCUT2D eigenvalue weighted by Crippen LogP contribution is 2.29. The molecule has 0 saturated heterocycles. The van der Waals surface area contributed by atoms with Crippen molar-refractivity contribution in [3.05, 3.63) is 29.8 Å². The Bertz CT molecular complexity index is 398. The number of aliphatic hydroxyl groups is 1. The molecule has 0 aliphatic rings. The standard InChI is InChI=1S/C11H13F4NO2/c1-6(17)9(16)7-3-2-4-8(5-7)18-11(14,15)10(12)13/h2-6,9-10,17H,16H2,1H3/t6-,9-/m0/s1. The molecule has 0 aliphatic heterocycles. The van der Waals surface area contributed by atoms with Gasteiger partial charge in [-0.25, -0.2) is 0 Å². The highest BCUT2D eigenvalue weighted by molar-refractivity contribution is 5.31. The minimum absolute atomic E-state index is 0.313. The normalized spacial score (nSPS) is 15.6. The summed E-state index contributed by atoms with van der Waals surface area (Å²) in [6.07, 6.45) is -9.39. The molecule has 0 aliphatic carbocycles. The van der Waals surface area contributed by atoms with E-state index in [0.29, 0.717) is 5.56 Å². The van der Waals surface area contributed by atoms with E-state index in [1.807, 2.05) is 0 Å². The first-order chi connectivity index (χ1) is 8.24. The molecule has 0 amide bonds. The van der Waals surface area contributed by atoms with Gasteiger partial charge in [0.15, 0.2) is 0 Å². The molecule has 2 atom stereocenters. The van der Waals surface area contributed by atoms with Gasteiger partial charge in [-0.3, -0.25) is 0 Å². The Balaban J connectivity index is 2.89. The van der Waals surface area contributed by atoms with Crippen molar-refractivity contribution in [2.24, 2.45) is 5.73 Å². The van der Waals surface area contributed by atoms with Gasteiger partial charge in [-0.15, -0.1) is 0 Å². The van der Waals surface area contributed by atoms with Gasteiger partial charge < -0.3 is 15.6 Å². The highest BCUT2D eigenvalue weighted by atomic mass is 19.3. The maximum Gasteiger partial charge on any atom is 0.461 e. The van der Waals surface area contributed by atoms with Crippen molar-refractivity contribution in [3.8, 4) is 5.75 Å². The van der Waals surface area contributed by atoms with Crippen LogP contribution in [-0.2, 0) is 0 Å². The van der Waals surface area contributed by atoms with Crippen molar-refractivity contribution in [3.63, 3.8) is 0 Å². The summed E-state index contributed by atoms with van der Waals surface area (Å²) in [5, 5.41) is 9.25. The van der Waals surface area contributed by atoms with Gasteiger partial charge in [0.1, 0.15) is 5.75 Å². The van der Waals surface area contributed by atoms with Gasteiger partial charge >= 0.3 is 12.5 Å². The summed E-state index contributed by atoms with van der Waals surface area (Å²) in [6.45, 7) is 1.42. The van der Waals surface area contributed by atoms with Crippen molar-refractivity contribution in [1.29, 1.82) is 0 Å². The second-order valence-corrected chi connectivity index (χ2v) is 3.80. The first kappa shape index (κ1) is 14.7. The molecule has 1 aromatic rings. The lowest BCUT2D eigenvalue weighted by Gasteiger charge is -2.19. The van der Waals surface area contributed by atoms with Crippen molar-refractivity contribution in [1.82, 2.24) is 0 Å². The first-order valence-corrected chi connectivity index (χ1v) is 5.12. The Morgan fingerprint density at radius 2 is 1.94 bits per heavy atom. The highest BCUT2D eigenvalue weighted by Gasteiger charge is 2.44. The lowest BCUT2D eigenvalue weighted by molar-refractivity contribution is -0.253. The average molecular weight is 267 g/mol. The average Bonchev–Trinajstić information content (AvgIpc) is 2.27. The van der Waals surface area contributed by atoms with E-state index >= 15 is 0 Å². The van der Waals surface area contributed by atoms with E-state index in [1.54, 1.807) is 0 Å². The van der Waals surface area contributed by atoms with Gasteiger partial charge in [-0.2, -0.15) is 17.6 Å². The van der Waals surface area contributed by atoms with Crippen LogP contribution in [0.15, 0.2) is 24.3 Å². The lowest BCUT2D eigenvalue weighted by atomic mass is 10.0. The number of halogens is 4. The summed E-state index contributed by atoms with van der Waals surface area (Å²) in [5.41, 5.74) is 5.90. The Kier molecular flexibility index (Phi) is 4.53. The Labute approximate surface area is 101 Å². The molecule has 3 N–H and O–H groups in total.